The Morgan fingerprint density at radius 1 is 1.32 bits per heavy atom. The van der Waals surface area contributed by atoms with Crippen molar-refractivity contribution in [3.63, 3.8) is 0 Å². The van der Waals surface area contributed by atoms with Crippen LogP contribution in [0.15, 0.2) is 18.2 Å². The monoisotopic (exact) mass is 340 g/mol. The van der Waals surface area contributed by atoms with Crippen LogP contribution in [0.1, 0.15) is 30.9 Å². The maximum absolute atomic E-state index is 13.3. The van der Waals surface area contributed by atoms with Crippen LogP contribution in [-0.4, -0.2) is 30.6 Å². The number of rotatable bonds is 5. The summed E-state index contributed by atoms with van der Waals surface area (Å²) >= 11 is 0. The van der Waals surface area contributed by atoms with Gasteiger partial charge in [0, 0.05) is 19.1 Å². The molecule has 1 saturated heterocycles. The minimum Gasteiger partial charge on any atom is -0.315 e. The second-order valence-electron chi connectivity index (χ2n) is 5.43. The van der Waals surface area contributed by atoms with Gasteiger partial charge in [0.15, 0.2) is 0 Å². The molecule has 1 N–H and O–H groups in total. The Labute approximate surface area is 134 Å². The highest BCUT2D eigenvalue weighted by molar-refractivity contribution is 5.85. The molecule has 1 fully saturated rings. The molecular weight excluding hydrogens is 320 g/mol. The number of nitrogens with zero attached hydrogens (tertiary/aromatic N) is 1. The minimum atomic E-state index is -4.65. The van der Waals surface area contributed by atoms with Crippen molar-refractivity contribution in [2.45, 2.75) is 38.5 Å². The van der Waals surface area contributed by atoms with Gasteiger partial charge in [-0.2, -0.15) is 13.2 Å². The third-order valence-electron chi connectivity index (χ3n) is 3.78. The van der Waals surface area contributed by atoms with E-state index in [1.807, 2.05) is 6.92 Å². The number of alkyl halides is 3. The van der Waals surface area contributed by atoms with Crippen molar-refractivity contribution in [3.8, 4) is 0 Å². The average molecular weight is 341 g/mol. The number of nitrogens with one attached hydrogen (secondary N) is 1. The zero-order valence-electron chi connectivity index (χ0n) is 12.4. The summed E-state index contributed by atoms with van der Waals surface area (Å²) in [6.07, 6.45) is -2.72. The third-order valence-corrected chi connectivity index (χ3v) is 3.78. The van der Waals surface area contributed by atoms with Crippen molar-refractivity contribution in [3.05, 3.63) is 35.1 Å². The van der Waals surface area contributed by atoms with E-state index in [2.05, 4.69) is 10.2 Å². The average Bonchev–Trinajstić information content (AvgIpc) is 2.93. The van der Waals surface area contributed by atoms with E-state index in [0.717, 1.165) is 44.6 Å². The summed E-state index contributed by atoms with van der Waals surface area (Å²) < 4.78 is 51.6. The third kappa shape index (κ3) is 4.83. The second-order valence-corrected chi connectivity index (χ2v) is 5.43. The topological polar surface area (TPSA) is 15.3 Å². The Bertz CT molecular complexity index is 473. The van der Waals surface area contributed by atoms with Gasteiger partial charge in [0.2, 0.25) is 0 Å². The first-order valence-electron chi connectivity index (χ1n) is 7.22. The van der Waals surface area contributed by atoms with Crippen LogP contribution in [0.25, 0.3) is 0 Å². The van der Waals surface area contributed by atoms with Crippen LogP contribution in [0.3, 0.4) is 0 Å². The Morgan fingerprint density at radius 3 is 2.59 bits per heavy atom. The molecule has 0 bridgehead atoms. The molecule has 22 heavy (non-hydrogen) atoms. The predicted octanol–water partition coefficient (Wildman–Crippen LogP) is 3.84. The van der Waals surface area contributed by atoms with Gasteiger partial charge in [-0.1, -0.05) is 13.0 Å². The van der Waals surface area contributed by atoms with Crippen LogP contribution in [0.4, 0.5) is 17.6 Å². The molecule has 1 unspecified atom stereocenters. The zero-order valence-corrected chi connectivity index (χ0v) is 13.2. The molecule has 126 valence electrons. The predicted molar refractivity (Wildman–Crippen MR) is 80.6 cm³/mol. The van der Waals surface area contributed by atoms with Crippen LogP contribution in [0, 0.1) is 5.82 Å². The zero-order chi connectivity index (χ0) is 15.5. The first kappa shape index (κ1) is 19.2. The lowest BCUT2D eigenvalue weighted by atomic mass is 10.1. The molecule has 0 saturated carbocycles. The van der Waals surface area contributed by atoms with E-state index in [-0.39, 0.29) is 12.4 Å². The molecule has 2 nitrogen and oxygen atoms in total. The van der Waals surface area contributed by atoms with Crippen LogP contribution in [0.5, 0.6) is 0 Å². The molecule has 1 aliphatic heterocycles. The second kappa shape index (κ2) is 8.13. The lowest BCUT2D eigenvalue weighted by Gasteiger charge is -2.28. The fourth-order valence-electron chi connectivity index (χ4n) is 2.75. The van der Waals surface area contributed by atoms with Crippen molar-refractivity contribution in [2.24, 2.45) is 0 Å². The molecule has 0 spiro atoms. The van der Waals surface area contributed by atoms with Crippen molar-refractivity contribution in [1.82, 2.24) is 10.2 Å². The van der Waals surface area contributed by atoms with Gasteiger partial charge in [0.05, 0.1) is 5.56 Å². The van der Waals surface area contributed by atoms with E-state index < -0.39 is 17.6 Å². The largest absolute Gasteiger partial charge is 0.419 e. The molecule has 0 aliphatic carbocycles. The minimum absolute atomic E-state index is 0. The summed E-state index contributed by atoms with van der Waals surface area (Å²) in [7, 11) is 0. The van der Waals surface area contributed by atoms with Gasteiger partial charge in [0.1, 0.15) is 5.82 Å². The standard InChI is InChI=1S/C15H20F4N2.ClH/c1-2-7-21(12-5-6-20-9-12)10-11-3-4-14(16)13(8-11)15(17,18)19;/h3-4,8,12,20H,2,5-7,9-10H2,1H3;1H. The molecule has 0 amide bonds. The van der Waals surface area contributed by atoms with Crippen molar-refractivity contribution in [2.75, 3.05) is 19.6 Å². The summed E-state index contributed by atoms with van der Waals surface area (Å²) in [6, 6.07) is 3.62. The maximum atomic E-state index is 13.3. The highest BCUT2D eigenvalue weighted by atomic mass is 35.5. The van der Waals surface area contributed by atoms with E-state index in [4.69, 9.17) is 0 Å². The molecule has 1 aliphatic rings. The van der Waals surface area contributed by atoms with Gasteiger partial charge in [-0.05, 0) is 43.6 Å². The van der Waals surface area contributed by atoms with E-state index in [9.17, 15) is 17.6 Å². The number of benzene rings is 1. The fourth-order valence-corrected chi connectivity index (χ4v) is 2.75. The van der Waals surface area contributed by atoms with Gasteiger partial charge in [-0.15, -0.1) is 12.4 Å². The van der Waals surface area contributed by atoms with E-state index >= 15 is 0 Å². The SMILES string of the molecule is CCCN(Cc1ccc(F)c(C(F)(F)F)c1)C1CCNC1.Cl. The summed E-state index contributed by atoms with van der Waals surface area (Å²) in [5, 5.41) is 3.26. The van der Waals surface area contributed by atoms with Crippen molar-refractivity contribution >= 4 is 12.4 Å². The molecule has 7 heteroatoms. The first-order chi connectivity index (χ1) is 9.91. The molecular formula is C15H21ClF4N2. The number of hydrogen-bond donors (Lipinski definition) is 1. The molecule has 0 aromatic heterocycles. The lowest BCUT2D eigenvalue weighted by Crippen LogP contribution is -2.37. The van der Waals surface area contributed by atoms with Crippen molar-refractivity contribution < 1.29 is 17.6 Å². The molecule has 1 atom stereocenters. The van der Waals surface area contributed by atoms with E-state index in [1.54, 1.807) is 0 Å². The van der Waals surface area contributed by atoms with Crippen LogP contribution in [0.2, 0.25) is 0 Å². The summed E-state index contributed by atoms with van der Waals surface area (Å²) in [6.45, 7) is 5.07. The highest BCUT2D eigenvalue weighted by Crippen LogP contribution is 2.32. The molecule has 1 heterocycles. The smallest absolute Gasteiger partial charge is 0.315 e. The van der Waals surface area contributed by atoms with Crippen LogP contribution >= 0.6 is 12.4 Å². The first-order valence-corrected chi connectivity index (χ1v) is 7.22. The Kier molecular flexibility index (Phi) is 7.09. The molecule has 2 rings (SSSR count). The van der Waals surface area contributed by atoms with Gasteiger partial charge >= 0.3 is 6.18 Å². The summed E-state index contributed by atoms with van der Waals surface area (Å²) in [5.74, 6) is -1.21. The van der Waals surface area contributed by atoms with E-state index in [1.165, 1.54) is 6.07 Å². The highest BCUT2D eigenvalue weighted by Gasteiger charge is 2.34. The number of halogens is 5. The Balaban J connectivity index is 0.00000242. The fraction of sp³-hybridized carbons (Fsp3) is 0.600. The van der Waals surface area contributed by atoms with Crippen LogP contribution < -0.4 is 5.32 Å². The Morgan fingerprint density at radius 2 is 2.05 bits per heavy atom. The summed E-state index contributed by atoms with van der Waals surface area (Å²) in [4.78, 5) is 2.17. The van der Waals surface area contributed by atoms with Crippen molar-refractivity contribution in [1.29, 1.82) is 0 Å². The number of hydrogen-bond acceptors (Lipinski definition) is 2. The normalized spacial score (nSPS) is 18.5. The molecule has 1 aromatic rings. The molecule has 1 aromatic carbocycles. The quantitative estimate of drug-likeness (QED) is 0.819. The lowest BCUT2D eigenvalue weighted by molar-refractivity contribution is -0.140. The van der Waals surface area contributed by atoms with Gasteiger partial charge in [-0.3, -0.25) is 4.90 Å². The maximum Gasteiger partial charge on any atom is 0.419 e. The summed E-state index contributed by atoms with van der Waals surface area (Å²) in [5.41, 5.74) is -0.676. The molecule has 0 radical (unpaired) electrons. The van der Waals surface area contributed by atoms with Gasteiger partial charge in [-0.25, -0.2) is 4.39 Å². The van der Waals surface area contributed by atoms with Gasteiger partial charge in [0.25, 0.3) is 0 Å². The van der Waals surface area contributed by atoms with Crippen LogP contribution in [-0.2, 0) is 12.7 Å². The Hall–Kier alpha value is -0.850. The van der Waals surface area contributed by atoms with E-state index in [0.29, 0.717) is 18.2 Å². The van der Waals surface area contributed by atoms with Gasteiger partial charge < -0.3 is 5.32 Å².